The number of ether oxygens (including phenoxy) is 1. The number of anilines is 1. The van der Waals surface area contributed by atoms with Gasteiger partial charge in [-0.25, -0.2) is 13.4 Å². The molecule has 1 N–H and O–H groups in total. The Hall–Kier alpha value is -2.49. The Bertz CT molecular complexity index is 1200. The van der Waals surface area contributed by atoms with Crippen molar-refractivity contribution in [2.24, 2.45) is 5.92 Å². The maximum absolute atomic E-state index is 12.8. The number of benzene rings is 2. The molecule has 9 heteroatoms. The van der Waals surface area contributed by atoms with Crippen LogP contribution in [0.25, 0.3) is 10.2 Å². The normalized spacial score (nSPS) is 15.7. The first-order chi connectivity index (χ1) is 15.4. The number of Topliss-reactive ketones (excluding diaryl/α,β-unsaturated/α-hetero) is 1. The molecule has 0 unspecified atom stereocenters. The Morgan fingerprint density at radius 3 is 2.59 bits per heavy atom. The van der Waals surface area contributed by atoms with Crippen LogP contribution in [0.15, 0.2) is 47.4 Å². The van der Waals surface area contributed by atoms with E-state index in [9.17, 15) is 13.2 Å². The predicted molar refractivity (Wildman–Crippen MR) is 127 cm³/mol. The molecule has 0 saturated carbocycles. The lowest BCUT2D eigenvalue weighted by atomic mass is 10.0. The fraction of sp³-hybridized carbons (Fsp3) is 0.391. The highest BCUT2D eigenvalue weighted by molar-refractivity contribution is 7.89. The van der Waals surface area contributed by atoms with Crippen molar-refractivity contribution in [3.05, 3.63) is 48.0 Å². The molecule has 0 aliphatic carbocycles. The molecule has 1 aliphatic rings. The number of nitrogens with one attached hydrogen (secondary N) is 1. The van der Waals surface area contributed by atoms with Gasteiger partial charge in [0, 0.05) is 18.7 Å². The number of fused-ring (bicyclic) bond motifs is 1. The minimum atomic E-state index is -3.52. The summed E-state index contributed by atoms with van der Waals surface area (Å²) in [6, 6.07) is 11.9. The Kier molecular flexibility index (Phi) is 6.78. The molecular weight excluding hydrogens is 446 g/mol. The van der Waals surface area contributed by atoms with E-state index in [0.29, 0.717) is 36.3 Å². The highest BCUT2D eigenvalue weighted by Gasteiger charge is 2.28. The van der Waals surface area contributed by atoms with E-state index in [1.54, 1.807) is 12.1 Å². The van der Waals surface area contributed by atoms with Crippen molar-refractivity contribution in [1.82, 2.24) is 9.29 Å². The van der Waals surface area contributed by atoms with Crippen LogP contribution >= 0.6 is 11.3 Å². The van der Waals surface area contributed by atoms with Crippen LogP contribution in [0, 0.1) is 5.92 Å². The molecule has 2 aromatic carbocycles. The standard InChI is InChI=1S/C23H27N3O4S2/c1-3-30-18-6-9-20-22(14-18)31-23(25-20)24-15-21(27)17-4-7-19(8-5-17)32(28,29)26-12-10-16(2)11-13-26/h4-9,14,16H,3,10-13,15H2,1-2H3,(H,24,25). The number of nitrogens with zero attached hydrogens (tertiary/aromatic N) is 2. The maximum Gasteiger partial charge on any atom is 0.243 e. The highest BCUT2D eigenvalue weighted by Crippen LogP contribution is 2.29. The summed E-state index contributed by atoms with van der Waals surface area (Å²) in [6.45, 7) is 5.84. The van der Waals surface area contributed by atoms with Crippen LogP contribution in [0.3, 0.4) is 0 Å². The van der Waals surface area contributed by atoms with Crippen LogP contribution in [0.4, 0.5) is 5.13 Å². The Balaban J connectivity index is 1.39. The van der Waals surface area contributed by atoms with Crippen molar-refractivity contribution in [2.75, 3.05) is 31.6 Å². The molecule has 4 rings (SSSR count). The van der Waals surface area contributed by atoms with Gasteiger partial charge < -0.3 is 10.1 Å². The second kappa shape index (κ2) is 9.56. The summed E-state index contributed by atoms with van der Waals surface area (Å²) in [5, 5.41) is 3.73. The summed E-state index contributed by atoms with van der Waals surface area (Å²) in [7, 11) is -3.52. The maximum atomic E-state index is 12.8. The number of aromatic nitrogens is 1. The first-order valence-corrected chi connectivity index (χ1v) is 13.0. The van der Waals surface area contributed by atoms with Gasteiger partial charge in [0.2, 0.25) is 10.0 Å². The number of carbonyl (C=O) groups is 1. The van der Waals surface area contributed by atoms with Crippen molar-refractivity contribution < 1.29 is 17.9 Å². The molecule has 3 aromatic rings. The molecule has 1 fully saturated rings. The first-order valence-electron chi connectivity index (χ1n) is 10.8. The van der Waals surface area contributed by atoms with E-state index in [2.05, 4.69) is 17.2 Å². The number of thiazole rings is 1. The first kappa shape index (κ1) is 22.7. The number of ketones is 1. The van der Waals surface area contributed by atoms with E-state index in [0.717, 1.165) is 28.8 Å². The van der Waals surface area contributed by atoms with Crippen molar-refractivity contribution in [2.45, 2.75) is 31.6 Å². The molecule has 2 heterocycles. The van der Waals surface area contributed by atoms with E-state index in [4.69, 9.17) is 4.74 Å². The molecule has 0 amide bonds. The minimum absolute atomic E-state index is 0.0776. The summed E-state index contributed by atoms with van der Waals surface area (Å²) in [5.74, 6) is 1.21. The molecule has 1 aromatic heterocycles. The average Bonchev–Trinajstić information content (AvgIpc) is 3.20. The fourth-order valence-corrected chi connectivity index (χ4v) is 6.04. The molecule has 170 valence electrons. The van der Waals surface area contributed by atoms with Crippen LogP contribution in [0.1, 0.15) is 37.0 Å². The number of hydrogen-bond acceptors (Lipinski definition) is 7. The summed E-state index contributed by atoms with van der Waals surface area (Å²) in [4.78, 5) is 17.3. The third-order valence-corrected chi connectivity index (χ3v) is 8.52. The number of hydrogen-bond donors (Lipinski definition) is 1. The topological polar surface area (TPSA) is 88.6 Å². The van der Waals surface area contributed by atoms with E-state index in [-0.39, 0.29) is 17.2 Å². The Morgan fingerprint density at radius 2 is 1.91 bits per heavy atom. The molecule has 0 spiro atoms. The minimum Gasteiger partial charge on any atom is -0.494 e. The lowest BCUT2D eigenvalue weighted by Crippen LogP contribution is -2.37. The molecule has 1 aliphatic heterocycles. The van der Waals surface area contributed by atoms with Crippen LogP contribution in [-0.2, 0) is 10.0 Å². The SMILES string of the molecule is CCOc1ccc2nc(NCC(=O)c3ccc(S(=O)(=O)N4CCC(C)CC4)cc3)sc2c1. The van der Waals surface area contributed by atoms with Crippen molar-refractivity contribution >= 4 is 42.5 Å². The molecule has 0 bridgehead atoms. The average molecular weight is 474 g/mol. The Morgan fingerprint density at radius 1 is 1.19 bits per heavy atom. The van der Waals surface area contributed by atoms with E-state index < -0.39 is 10.0 Å². The van der Waals surface area contributed by atoms with E-state index in [1.807, 2.05) is 25.1 Å². The summed E-state index contributed by atoms with van der Waals surface area (Å²) < 4.78 is 33.7. The van der Waals surface area contributed by atoms with Crippen molar-refractivity contribution in [1.29, 1.82) is 0 Å². The molecule has 0 atom stereocenters. The predicted octanol–water partition coefficient (Wildman–Crippen LogP) is 4.41. The molecule has 7 nitrogen and oxygen atoms in total. The van der Waals surface area contributed by atoms with Gasteiger partial charge in [0.15, 0.2) is 10.9 Å². The third kappa shape index (κ3) is 4.95. The van der Waals surface area contributed by atoms with Crippen LogP contribution in [0.2, 0.25) is 0 Å². The van der Waals surface area contributed by atoms with Gasteiger partial charge in [0.25, 0.3) is 0 Å². The molecule has 32 heavy (non-hydrogen) atoms. The highest BCUT2D eigenvalue weighted by atomic mass is 32.2. The van der Waals surface area contributed by atoms with Gasteiger partial charge in [-0.2, -0.15) is 4.31 Å². The second-order valence-corrected chi connectivity index (χ2v) is 10.9. The Labute approximate surface area is 192 Å². The molecule has 1 saturated heterocycles. The van der Waals surface area contributed by atoms with Crippen molar-refractivity contribution in [3.8, 4) is 5.75 Å². The van der Waals surface area contributed by atoms with Gasteiger partial charge in [-0.3, -0.25) is 4.79 Å². The van der Waals surface area contributed by atoms with Gasteiger partial charge in [0.1, 0.15) is 5.75 Å². The number of rotatable bonds is 8. The smallest absolute Gasteiger partial charge is 0.243 e. The van der Waals surface area contributed by atoms with Gasteiger partial charge in [0.05, 0.1) is 28.3 Å². The second-order valence-electron chi connectivity index (χ2n) is 7.97. The fourth-order valence-electron chi connectivity index (χ4n) is 3.68. The van der Waals surface area contributed by atoms with Crippen LogP contribution in [-0.4, -0.2) is 49.7 Å². The van der Waals surface area contributed by atoms with Gasteiger partial charge in [-0.1, -0.05) is 18.3 Å². The summed E-state index contributed by atoms with van der Waals surface area (Å²) in [5.41, 5.74) is 1.30. The lowest BCUT2D eigenvalue weighted by molar-refractivity contribution is 0.101. The lowest BCUT2D eigenvalue weighted by Gasteiger charge is -2.29. The molecule has 0 radical (unpaired) electrons. The number of carbonyl (C=O) groups excluding carboxylic acids is 1. The van der Waals surface area contributed by atoms with Gasteiger partial charge in [-0.15, -0.1) is 0 Å². The quantitative estimate of drug-likeness (QED) is 0.488. The van der Waals surface area contributed by atoms with Crippen LogP contribution < -0.4 is 10.1 Å². The summed E-state index contributed by atoms with van der Waals surface area (Å²) >= 11 is 1.46. The largest absolute Gasteiger partial charge is 0.494 e. The van der Waals surface area contributed by atoms with E-state index >= 15 is 0 Å². The third-order valence-electron chi connectivity index (χ3n) is 5.63. The zero-order chi connectivity index (χ0) is 22.7. The van der Waals surface area contributed by atoms with Crippen LogP contribution in [0.5, 0.6) is 5.75 Å². The summed E-state index contributed by atoms with van der Waals surface area (Å²) in [6.07, 6.45) is 1.75. The zero-order valence-electron chi connectivity index (χ0n) is 18.2. The van der Waals surface area contributed by atoms with Gasteiger partial charge >= 0.3 is 0 Å². The van der Waals surface area contributed by atoms with Gasteiger partial charge in [-0.05, 0) is 68.1 Å². The number of piperidine rings is 1. The number of sulfonamides is 1. The van der Waals surface area contributed by atoms with Crippen molar-refractivity contribution in [3.63, 3.8) is 0 Å². The zero-order valence-corrected chi connectivity index (χ0v) is 19.8. The monoisotopic (exact) mass is 473 g/mol. The van der Waals surface area contributed by atoms with E-state index in [1.165, 1.54) is 27.8 Å². The molecular formula is C23H27N3O4S2.